The molecule has 0 spiro atoms. The third kappa shape index (κ3) is 10.9. The van der Waals surface area contributed by atoms with E-state index in [0.29, 0.717) is 63.8 Å². The van der Waals surface area contributed by atoms with Gasteiger partial charge in [-0.1, -0.05) is 103 Å². The van der Waals surface area contributed by atoms with Gasteiger partial charge in [-0.25, -0.2) is 10.9 Å². The van der Waals surface area contributed by atoms with Crippen molar-refractivity contribution in [2.24, 2.45) is 51.3 Å². The molecule has 75 heavy (non-hydrogen) atoms. The number of nitrogens with one attached hydrogen (secondary N) is 6. The van der Waals surface area contributed by atoms with Crippen LogP contribution in [0.4, 0.5) is 0 Å². The number of aliphatic imine (C=N–C) groups is 1. The molecule has 6 N–H and O–H groups in total. The molecular formula is C60H89ClN10O3S. The molecule has 1 amide bonds. The molecular weight excluding hydrogens is 976 g/mol. The average molecular weight is 1070 g/mol. The van der Waals surface area contributed by atoms with E-state index in [1.807, 2.05) is 6.07 Å². The fraction of sp³-hybridized carbons (Fsp3) is 0.750. The fourth-order valence-corrected chi connectivity index (χ4v) is 18.0. The van der Waals surface area contributed by atoms with E-state index in [1.165, 1.54) is 74.6 Å². The zero-order valence-corrected chi connectivity index (χ0v) is 47.7. The van der Waals surface area contributed by atoms with Crippen molar-refractivity contribution < 1.29 is 14.3 Å². The van der Waals surface area contributed by atoms with Gasteiger partial charge < -0.3 is 20.1 Å². The molecule has 2 aromatic carbocycles. The molecule has 8 fully saturated rings. The quantitative estimate of drug-likeness (QED) is 0.100. The Morgan fingerprint density at radius 1 is 0.920 bits per heavy atom. The number of halogens is 1. The second kappa shape index (κ2) is 22.4. The molecule has 2 aromatic rings. The van der Waals surface area contributed by atoms with Crippen LogP contribution in [-0.2, 0) is 16.0 Å². The van der Waals surface area contributed by atoms with Gasteiger partial charge in [-0.2, -0.15) is 5.26 Å². The summed E-state index contributed by atoms with van der Waals surface area (Å²) in [6, 6.07) is 17.5. The Morgan fingerprint density at radius 2 is 1.67 bits per heavy atom. The summed E-state index contributed by atoms with van der Waals surface area (Å²) in [4.78, 5) is 25.5. The monoisotopic (exact) mass is 1060 g/mol. The zero-order chi connectivity index (χ0) is 52.2. The molecule has 6 aliphatic heterocycles. The van der Waals surface area contributed by atoms with E-state index in [4.69, 9.17) is 26.1 Å². The number of piperidine rings is 2. The summed E-state index contributed by atoms with van der Waals surface area (Å²) in [5.41, 5.74) is 11.1. The lowest BCUT2D eigenvalue weighted by Crippen LogP contribution is -2.78. The Bertz CT molecular complexity index is 2380. The number of amides is 1. The van der Waals surface area contributed by atoms with Gasteiger partial charge >= 0.3 is 0 Å². The first kappa shape index (κ1) is 54.2. The summed E-state index contributed by atoms with van der Waals surface area (Å²) in [7, 11) is 0. The second-order valence-electron chi connectivity index (χ2n) is 25.8. The molecule has 13 nitrogen and oxygen atoms in total. The summed E-state index contributed by atoms with van der Waals surface area (Å²) >= 11 is 8.52. The van der Waals surface area contributed by atoms with Crippen LogP contribution in [0.15, 0.2) is 47.5 Å². The van der Waals surface area contributed by atoms with Gasteiger partial charge in [0.15, 0.2) is 0 Å². The number of nitrogens with zero attached hydrogens (tertiary/aromatic N) is 4. The minimum absolute atomic E-state index is 0.0700. The van der Waals surface area contributed by atoms with Crippen LogP contribution in [0, 0.1) is 57.7 Å². The maximum atomic E-state index is 14.3. The maximum Gasteiger partial charge on any atom is 0.225 e. The van der Waals surface area contributed by atoms with Gasteiger partial charge in [0.05, 0.1) is 46.4 Å². The molecule has 9 unspecified atom stereocenters. The van der Waals surface area contributed by atoms with Crippen LogP contribution in [0.25, 0.3) is 0 Å². The normalized spacial score (nSPS) is 38.8. The number of rotatable bonds is 14. The second-order valence-corrected chi connectivity index (χ2v) is 27.7. The maximum absolute atomic E-state index is 14.3. The largest absolute Gasteiger partial charge is 0.489 e. The number of likely N-dealkylation sites (tertiary alicyclic amines) is 1. The SMILES string of the molecule is CC1SC2C(C(c3ccc(CCCOC4CCN(C5(C6CCCC[C@H]7CC7C6)NCC(C(=O)NC6C(C)(C)C(Oc7ccc(C#N)c(Cl)c7)C6(C)C)CN5)CC4)cc3)=N[C@@H](CC3CCCCN3)C3NNC(C)N23)C1C. The Morgan fingerprint density at radius 3 is 2.39 bits per heavy atom. The minimum atomic E-state index is -0.318. The Hall–Kier alpha value is -2.81. The Kier molecular flexibility index (Phi) is 16.2. The molecule has 3 aliphatic carbocycles. The minimum Gasteiger partial charge on any atom is -0.489 e. The molecule has 0 aromatic heterocycles. The van der Waals surface area contributed by atoms with Crippen molar-refractivity contribution in [3.63, 3.8) is 0 Å². The van der Waals surface area contributed by atoms with E-state index in [-0.39, 0.29) is 65.1 Å². The molecule has 6 heterocycles. The smallest absolute Gasteiger partial charge is 0.225 e. The standard InChI is InChI=1S/C60H89ClN10O3S/c1-36-37(2)75-55-51(36)52(66-50(31-46-16-10-11-25-63-46)53-69-68-38(3)71(53)55)40-19-17-39(18-20-40)13-12-28-73-47-23-26-70(27-24-47)60(45-15-9-8-14-41-29-43(41)30-45)64-34-44(35-65-60)54(72)67-56-58(4,5)57(59(56,6)7)74-48-22-21-42(33-62)49(61)32-48/h17-22,32,36-38,41,43-47,50-51,53,55-57,63-65,68-69H,8-16,23-31,34-35H2,1-7H3,(H,67,72)/t36?,37?,38?,41-,43?,44?,45?,46?,50-,51?,53?,55?,56?,57?,60?/m0/s1. The van der Waals surface area contributed by atoms with Crippen LogP contribution < -0.4 is 36.9 Å². The topological polar surface area (TPSA) is 150 Å². The lowest BCUT2D eigenvalue weighted by Gasteiger charge is -2.63. The summed E-state index contributed by atoms with van der Waals surface area (Å²) in [5.74, 6) is 3.39. The number of hydrazine groups is 1. The third-order valence-corrected chi connectivity index (χ3v) is 22.2. The van der Waals surface area contributed by atoms with E-state index in [2.05, 4.69) is 132 Å². The predicted octanol–water partition coefficient (Wildman–Crippen LogP) is 8.80. The van der Waals surface area contributed by atoms with Crippen LogP contribution in [0.5, 0.6) is 5.75 Å². The van der Waals surface area contributed by atoms with Gasteiger partial charge in [0.25, 0.3) is 0 Å². The molecule has 0 bridgehead atoms. The molecule has 3 saturated carbocycles. The highest BCUT2D eigenvalue weighted by molar-refractivity contribution is 8.00. The molecule has 5 saturated heterocycles. The number of ether oxygens (including phenoxy) is 2. The van der Waals surface area contributed by atoms with Crippen LogP contribution in [0.1, 0.15) is 149 Å². The fourth-order valence-electron chi connectivity index (χ4n) is 16.0. The lowest BCUT2D eigenvalue weighted by atomic mass is 9.49. The van der Waals surface area contributed by atoms with Crippen molar-refractivity contribution in [3.05, 3.63) is 64.2 Å². The summed E-state index contributed by atoms with van der Waals surface area (Å²) in [6.07, 6.45) is 17.4. The van der Waals surface area contributed by atoms with E-state index >= 15 is 0 Å². The van der Waals surface area contributed by atoms with Crippen LogP contribution in [-0.4, -0.2) is 120 Å². The zero-order valence-electron chi connectivity index (χ0n) is 46.1. The number of thioether (sulfide) groups is 1. The van der Waals surface area contributed by atoms with E-state index in [0.717, 1.165) is 70.2 Å². The Labute approximate surface area is 458 Å². The summed E-state index contributed by atoms with van der Waals surface area (Å²) in [5, 5.41) is 26.2. The number of benzene rings is 2. The van der Waals surface area contributed by atoms with Crippen LogP contribution in [0.2, 0.25) is 5.02 Å². The Balaban J connectivity index is 0.689. The van der Waals surface area contributed by atoms with Crippen molar-refractivity contribution in [1.29, 1.82) is 5.26 Å². The molecule has 11 atom stereocenters. The number of aryl methyl sites for hydroxylation is 1. The van der Waals surface area contributed by atoms with Gasteiger partial charge in [0, 0.05) is 84.6 Å². The number of nitriles is 1. The van der Waals surface area contributed by atoms with E-state index in [1.54, 1.807) is 12.1 Å². The van der Waals surface area contributed by atoms with Crippen molar-refractivity contribution >= 4 is 35.0 Å². The molecule has 15 heteroatoms. The third-order valence-electron chi connectivity index (χ3n) is 20.2. The van der Waals surface area contributed by atoms with Gasteiger partial charge in [-0.3, -0.25) is 30.2 Å². The van der Waals surface area contributed by atoms with Gasteiger partial charge in [0.1, 0.15) is 23.7 Å². The van der Waals surface area contributed by atoms with E-state index in [9.17, 15) is 10.1 Å². The lowest BCUT2D eigenvalue weighted by molar-refractivity contribution is -0.175. The molecule has 0 radical (unpaired) electrons. The highest BCUT2D eigenvalue weighted by Crippen LogP contribution is 2.56. The number of carbonyl (C=O) groups excluding carboxylic acids is 1. The predicted molar refractivity (Wildman–Crippen MR) is 301 cm³/mol. The number of hydrogen-bond acceptors (Lipinski definition) is 13. The first-order valence-electron chi connectivity index (χ1n) is 29.5. The summed E-state index contributed by atoms with van der Waals surface area (Å²) in [6.45, 7) is 21.0. The van der Waals surface area contributed by atoms with Gasteiger partial charge in [0.2, 0.25) is 5.91 Å². The van der Waals surface area contributed by atoms with Gasteiger partial charge in [-0.15, -0.1) is 11.8 Å². The van der Waals surface area contributed by atoms with Crippen LogP contribution >= 0.6 is 23.4 Å². The number of hydrogen-bond donors (Lipinski definition) is 6. The molecule has 410 valence electrons. The van der Waals surface area contributed by atoms with Crippen LogP contribution in [0.3, 0.4) is 0 Å². The van der Waals surface area contributed by atoms with Crippen molar-refractivity contribution in [2.75, 3.05) is 39.3 Å². The van der Waals surface area contributed by atoms with Crippen molar-refractivity contribution in [1.82, 2.24) is 41.9 Å². The summed E-state index contributed by atoms with van der Waals surface area (Å²) < 4.78 is 13.2. The average Bonchev–Trinajstić information content (AvgIpc) is 3.99. The first-order chi connectivity index (χ1) is 36.1. The highest BCUT2D eigenvalue weighted by atomic mass is 35.5. The number of carbonyl (C=O) groups is 1. The molecule has 11 rings (SSSR count). The van der Waals surface area contributed by atoms with Gasteiger partial charge in [-0.05, 0) is 119 Å². The van der Waals surface area contributed by atoms with Crippen molar-refractivity contribution in [3.8, 4) is 11.8 Å². The number of fused-ring (bicyclic) bond motifs is 4. The highest BCUT2D eigenvalue weighted by Gasteiger charge is 2.64. The van der Waals surface area contributed by atoms with Crippen molar-refractivity contribution in [2.45, 2.75) is 197 Å². The molecule has 9 aliphatic rings. The first-order valence-corrected chi connectivity index (χ1v) is 30.8. The van der Waals surface area contributed by atoms with E-state index < -0.39 is 0 Å².